The minimum absolute atomic E-state index is 0.0199. The third kappa shape index (κ3) is 3.69. The van der Waals surface area contributed by atoms with Crippen LogP contribution in [-0.2, 0) is 0 Å². The Morgan fingerprint density at radius 1 is 0.906 bits per heavy atom. The zero-order valence-electron chi connectivity index (χ0n) is 17.2. The topological polar surface area (TPSA) is 109 Å². The normalized spacial score (nSPS) is 10.7. The molecule has 32 heavy (non-hydrogen) atoms. The van der Waals surface area contributed by atoms with Crippen LogP contribution in [0.4, 0.5) is 5.69 Å². The van der Waals surface area contributed by atoms with Crippen LogP contribution in [0.5, 0.6) is 11.5 Å². The standard InChI is InChI=1S/C24H17NO7/c1-30-17-9-5-14(6-10-17)22(26)21-23(27)19-12-11-18(31-2)13-20(19)32-24(21)15-3-7-16(8-4-15)25(28)29/h3-13H,1-2H3. The molecule has 0 N–H and O–H groups in total. The Morgan fingerprint density at radius 3 is 2.12 bits per heavy atom. The van der Waals surface area contributed by atoms with E-state index >= 15 is 0 Å². The maximum absolute atomic E-state index is 13.4. The number of fused-ring (bicyclic) bond motifs is 1. The highest BCUT2D eigenvalue weighted by Gasteiger charge is 2.24. The zero-order chi connectivity index (χ0) is 22.8. The van der Waals surface area contributed by atoms with Crippen LogP contribution in [0.15, 0.2) is 75.9 Å². The van der Waals surface area contributed by atoms with Crippen LogP contribution in [0.25, 0.3) is 22.3 Å². The van der Waals surface area contributed by atoms with Crippen molar-refractivity contribution >= 4 is 22.4 Å². The first-order valence-electron chi connectivity index (χ1n) is 9.51. The quantitative estimate of drug-likeness (QED) is 0.249. The molecule has 0 fully saturated rings. The summed E-state index contributed by atoms with van der Waals surface area (Å²) in [7, 11) is 2.99. The molecular weight excluding hydrogens is 414 g/mol. The van der Waals surface area contributed by atoms with Crippen molar-refractivity contribution < 1.29 is 23.6 Å². The number of rotatable bonds is 6. The Balaban J connectivity index is 1.97. The fourth-order valence-electron chi connectivity index (χ4n) is 3.33. The van der Waals surface area contributed by atoms with E-state index in [-0.39, 0.29) is 33.5 Å². The molecule has 0 aliphatic carbocycles. The fraction of sp³-hybridized carbons (Fsp3) is 0.0833. The summed E-state index contributed by atoms with van der Waals surface area (Å²) in [6.45, 7) is 0. The van der Waals surface area contributed by atoms with Gasteiger partial charge in [-0.3, -0.25) is 19.7 Å². The van der Waals surface area contributed by atoms with Gasteiger partial charge in [0.05, 0.1) is 24.5 Å². The lowest BCUT2D eigenvalue weighted by Crippen LogP contribution is -2.18. The van der Waals surface area contributed by atoms with Crippen molar-refractivity contribution in [2.24, 2.45) is 0 Å². The molecule has 8 nitrogen and oxygen atoms in total. The van der Waals surface area contributed by atoms with E-state index in [1.807, 2.05) is 0 Å². The summed E-state index contributed by atoms with van der Waals surface area (Å²) < 4.78 is 16.3. The van der Waals surface area contributed by atoms with Gasteiger partial charge < -0.3 is 13.9 Å². The molecule has 0 aliphatic heterocycles. The molecule has 3 aromatic carbocycles. The van der Waals surface area contributed by atoms with Crippen molar-refractivity contribution in [3.63, 3.8) is 0 Å². The predicted molar refractivity (Wildman–Crippen MR) is 118 cm³/mol. The van der Waals surface area contributed by atoms with E-state index in [0.717, 1.165) is 0 Å². The molecule has 4 rings (SSSR count). The number of benzene rings is 3. The van der Waals surface area contributed by atoms with Gasteiger partial charge >= 0.3 is 0 Å². The average Bonchev–Trinajstić information content (AvgIpc) is 2.83. The molecule has 4 aromatic rings. The lowest BCUT2D eigenvalue weighted by molar-refractivity contribution is -0.384. The number of nitrogens with zero attached hydrogens (tertiary/aromatic N) is 1. The second-order valence-electron chi connectivity index (χ2n) is 6.86. The number of carbonyl (C=O) groups is 1. The zero-order valence-corrected chi connectivity index (χ0v) is 17.2. The van der Waals surface area contributed by atoms with Crippen LogP contribution in [0, 0.1) is 10.1 Å². The first kappa shape index (κ1) is 20.8. The number of ketones is 1. The minimum atomic E-state index is -0.535. The van der Waals surface area contributed by atoms with Gasteiger partial charge in [0.15, 0.2) is 0 Å². The summed E-state index contributed by atoms with van der Waals surface area (Å²) in [5, 5.41) is 11.2. The van der Waals surface area contributed by atoms with E-state index in [9.17, 15) is 19.7 Å². The number of methoxy groups -OCH3 is 2. The summed E-state index contributed by atoms with van der Waals surface area (Å²) in [4.78, 5) is 37.2. The van der Waals surface area contributed by atoms with Gasteiger partial charge in [0, 0.05) is 29.3 Å². The van der Waals surface area contributed by atoms with Crippen LogP contribution >= 0.6 is 0 Å². The van der Waals surface area contributed by atoms with Crippen LogP contribution in [0.2, 0.25) is 0 Å². The van der Waals surface area contributed by atoms with Crippen molar-refractivity contribution in [3.05, 3.63) is 98.2 Å². The molecular formula is C24H17NO7. The lowest BCUT2D eigenvalue weighted by atomic mass is 9.97. The van der Waals surface area contributed by atoms with E-state index in [1.54, 1.807) is 36.4 Å². The highest BCUT2D eigenvalue weighted by atomic mass is 16.6. The molecule has 1 heterocycles. The Labute approximate surface area is 181 Å². The van der Waals surface area contributed by atoms with E-state index in [1.165, 1.54) is 44.6 Å². The van der Waals surface area contributed by atoms with Gasteiger partial charge in [-0.25, -0.2) is 0 Å². The first-order chi connectivity index (χ1) is 15.4. The fourth-order valence-corrected chi connectivity index (χ4v) is 3.33. The number of nitro groups is 1. The smallest absolute Gasteiger partial charge is 0.269 e. The lowest BCUT2D eigenvalue weighted by Gasteiger charge is -2.11. The van der Waals surface area contributed by atoms with E-state index in [4.69, 9.17) is 13.9 Å². The molecule has 1 aromatic heterocycles. The molecule has 0 unspecified atom stereocenters. The third-order valence-corrected chi connectivity index (χ3v) is 5.02. The Hall–Kier alpha value is -4.46. The molecule has 0 radical (unpaired) electrons. The van der Waals surface area contributed by atoms with Gasteiger partial charge in [0.2, 0.25) is 11.2 Å². The van der Waals surface area contributed by atoms with Crippen LogP contribution in [0.3, 0.4) is 0 Å². The van der Waals surface area contributed by atoms with Gasteiger partial charge in [0.25, 0.3) is 5.69 Å². The van der Waals surface area contributed by atoms with Crippen molar-refractivity contribution in [2.45, 2.75) is 0 Å². The number of carbonyl (C=O) groups excluding carboxylic acids is 1. The number of hydrogen-bond acceptors (Lipinski definition) is 7. The molecule has 0 amide bonds. The molecule has 0 aliphatic rings. The highest BCUT2D eigenvalue weighted by Crippen LogP contribution is 2.30. The SMILES string of the molecule is COc1ccc(C(=O)c2c(-c3ccc([N+](=O)[O-])cc3)oc3cc(OC)ccc3c2=O)cc1. The highest BCUT2D eigenvalue weighted by molar-refractivity contribution is 6.13. The van der Waals surface area contributed by atoms with Gasteiger partial charge in [-0.15, -0.1) is 0 Å². The number of hydrogen-bond donors (Lipinski definition) is 0. The molecule has 8 heteroatoms. The van der Waals surface area contributed by atoms with Gasteiger partial charge in [-0.1, -0.05) is 0 Å². The molecule has 0 saturated carbocycles. The third-order valence-electron chi connectivity index (χ3n) is 5.02. The number of nitro benzene ring substituents is 1. The van der Waals surface area contributed by atoms with Crippen LogP contribution in [0.1, 0.15) is 15.9 Å². The van der Waals surface area contributed by atoms with E-state index < -0.39 is 16.1 Å². The van der Waals surface area contributed by atoms with Gasteiger partial charge in [-0.2, -0.15) is 0 Å². The largest absolute Gasteiger partial charge is 0.497 e. The minimum Gasteiger partial charge on any atom is -0.497 e. The predicted octanol–water partition coefficient (Wildman–Crippen LogP) is 4.62. The molecule has 0 atom stereocenters. The Morgan fingerprint density at radius 2 is 1.53 bits per heavy atom. The second-order valence-corrected chi connectivity index (χ2v) is 6.86. The van der Waals surface area contributed by atoms with Crippen molar-refractivity contribution in [1.29, 1.82) is 0 Å². The summed E-state index contributed by atoms with van der Waals surface area (Å²) in [6, 6.07) is 16.5. The Bertz CT molecular complexity index is 1390. The second kappa shape index (κ2) is 8.35. The van der Waals surface area contributed by atoms with Crippen molar-refractivity contribution in [3.8, 4) is 22.8 Å². The van der Waals surface area contributed by atoms with Gasteiger partial charge in [0.1, 0.15) is 28.4 Å². The maximum Gasteiger partial charge on any atom is 0.269 e. The van der Waals surface area contributed by atoms with E-state index in [0.29, 0.717) is 17.1 Å². The first-order valence-corrected chi connectivity index (χ1v) is 9.51. The number of non-ortho nitro benzene ring substituents is 1. The Kier molecular flexibility index (Phi) is 5.43. The summed E-state index contributed by atoms with van der Waals surface area (Å²) in [5.74, 6) is 0.526. The summed E-state index contributed by atoms with van der Waals surface area (Å²) in [5.41, 5.74) is 0.0590. The molecule has 0 saturated heterocycles. The maximum atomic E-state index is 13.4. The summed E-state index contributed by atoms with van der Waals surface area (Å²) in [6.07, 6.45) is 0. The molecule has 160 valence electrons. The van der Waals surface area contributed by atoms with Crippen molar-refractivity contribution in [1.82, 2.24) is 0 Å². The van der Waals surface area contributed by atoms with Gasteiger partial charge in [-0.05, 0) is 48.5 Å². The van der Waals surface area contributed by atoms with E-state index in [2.05, 4.69) is 0 Å². The van der Waals surface area contributed by atoms with Crippen LogP contribution < -0.4 is 14.9 Å². The summed E-state index contributed by atoms with van der Waals surface area (Å²) >= 11 is 0. The number of ether oxygens (including phenoxy) is 2. The average molecular weight is 431 g/mol. The molecule has 0 spiro atoms. The van der Waals surface area contributed by atoms with Crippen LogP contribution in [-0.4, -0.2) is 24.9 Å². The van der Waals surface area contributed by atoms with Crippen molar-refractivity contribution in [2.75, 3.05) is 14.2 Å². The molecule has 0 bridgehead atoms. The monoisotopic (exact) mass is 431 g/mol.